The number of carbonyl (C=O) groups excluding carboxylic acids is 1. The van der Waals surface area contributed by atoms with Crippen LogP contribution >= 0.6 is 0 Å². The Hall–Kier alpha value is -1.55. The number of nitrogens with zero attached hydrogens (tertiary/aromatic N) is 1. The van der Waals surface area contributed by atoms with Crippen LogP contribution in [-0.4, -0.2) is 36.2 Å². The third-order valence-electron chi connectivity index (χ3n) is 3.80. The highest BCUT2D eigenvalue weighted by atomic mass is 16.6. The Morgan fingerprint density at radius 3 is 3.00 bits per heavy atom. The topological polar surface area (TPSA) is 41.6 Å². The first kappa shape index (κ1) is 11.5. The van der Waals surface area contributed by atoms with E-state index in [0.717, 1.165) is 25.9 Å². The molecule has 1 aromatic carbocycles. The lowest BCUT2D eigenvalue weighted by molar-refractivity contribution is 0.148. The molecule has 0 aromatic heterocycles. The van der Waals surface area contributed by atoms with Gasteiger partial charge in [-0.15, -0.1) is 0 Å². The molecule has 2 atom stereocenters. The quantitative estimate of drug-likeness (QED) is 0.883. The van der Waals surface area contributed by atoms with Gasteiger partial charge < -0.3 is 15.0 Å². The first-order valence-corrected chi connectivity index (χ1v) is 6.55. The normalized spacial score (nSPS) is 26.9. The van der Waals surface area contributed by atoms with Crippen molar-refractivity contribution in [1.29, 1.82) is 0 Å². The molecule has 3 rings (SSSR count). The number of ether oxygens (including phenoxy) is 1. The molecule has 96 valence electrons. The molecule has 1 aromatic rings. The van der Waals surface area contributed by atoms with Crippen molar-refractivity contribution < 1.29 is 9.53 Å². The van der Waals surface area contributed by atoms with Gasteiger partial charge in [-0.05, 0) is 18.4 Å². The van der Waals surface area contributed by atoms with Crippen LogP contribution in [0.4, 0.5) is 4.79 Å². The van der Waals surface area contributed by atoms with Gasteiger partial charge in [-0.25, -0.2) is 4.79 Å². The van der Waals surface area contributed by atoms with Crippen LogP contribution in [-0.2, 0) is 11.3 Å². The summed E-state index contributed by atoms with van der Waals surface area (Å²) in [6, 6.07) is 10.9. The molecular weight excluding hydrogens is 228 g/mol. The van der Waals surface area contributed by atoms with Crippen molar-refractivity contribution in [2.45, 2.75) is 31.5 Å². The highest BCUT2D eigenvalue weighted by Crippen LogP contribution is 2.24. The van der Waals surface area contributed by atoms with E-state index in [9.17, 15) is 4.79 Å². The SMILES string of the molecule is O=C1OC[C@H]2[C@@H](NCc3ccccc3)CCCN12. The van der Waals surface area contributed by atoms with E-state index in [-0.39, 0.29) is 12.1 Å². The van der Waals surface area contributed by atoms with Crippen LogP contribution in [0.2, 0.25) is 0 Å². The molecular formula is C14H18N2O2. The molecule has 0 spiro atoms. The minimum atomic E-state index is -0.147. The summed E-state index contributed by atoms with van der Waals surface area (Å²) in [5, 5.41) is 3.56. The molecule has 2 heterocycles. The van der Waals surface area contributed by atoms with Crippen LogP contribution < -0.4 is 5.32 Å². The number of cyclic esters (lactones) is 1. The fourth-order valence-corrected chi connectivity index (χ4v) is 2.81. The maximum Gasteiger partial charge on any atom is 0.410 e. The Bertz CT molecular complexity index is 421. The number of fused-ring (bicyclic) bond motifs is 1. The third-order valence-corrected chi connectivity index (χ3v) is 3.80. The zero-order chi connectivity index (χ0) is 12.4. The van der Waals surface area contributed by atoms with Crippen LogP contribution in [0.3, 0.4) is 0 Å². The third kappa shape index (κ3) is 2.20. The standard InChI is InChI=1S/C14H18N2O2/c17-14-16-8-4-7-12(13(16)10-18-14)15-9-11-5-2-1-3-6-11/h1-3,5-6,12-13,15H,4,7-10H2/t12-,13-/m0/s1. The van der Waals surface area contributed by atoms with Gasteiger partial charge in [0.1, 0.15) is 6.61 Å². The summed E-state index contributed by atoms with van der Waals surface area (Å²) in [6.07, 6.45) is 2.02. The van der Waals surface area contributed by atoms with Gasteiger partial charge in [-0.1, -0.05) is 30.3 Å². The number of carbonyl (C=O) groups is 1. The Kier molecular flexibility index (Phi) is 3.19. The molecule has 1 amide bonds. The second-order valence-electron chi connectivity index (χ2n) is 4.95. The maximum atomic E-state index is 11.5. The average molecular weight is 246 g/mol. The predicted octanol–water partition coefficient (Wildman–Crippen LogP) is 1.76. The molecule has 2 aliphatic heterocycles. The van der Waals surface area contributed by atoms with E-state index < -0.39 is 0 Å². The second kappa shape index (κ2) is 4.98. The van der Waals surface area contributed by atoms with Gasteiger partial charge in [0.05, 0.1) is 6.04 Å². The summed E-state index contributed by atoms with van der Waals surface area (Å²) < 4.78 is 5.13. The monoisotopic (exact) mass is 246 g/mol. The lowest BCUT2D eigenvalue weighted by atomic mass is 9.97. The highest BCUT2D eigenvalue weighted by Gasteiger charge is 2.40. The van der Waals surface area contributed by atoms with Crippen LogP contribution in [0, 0.1) is 0 Å². The van der Waals surface area contributed by atoms with Crippen molar-refractivity contribution >= 4 is 6.09 Å². The van der Waals surface area contributed by atoms with Crippen molar-refractivity contribution in [2.24, 2.45) is 0 Å². The second-order valence-corrected chi connectivity index (χ2v) is 4.95. The van der Waals surface area contributed by atoms with Crippen LogP contribution in [0.15, 0.2) is 30.3 Å². The summed E-state index contributed by atoms with van der Waals surface area (Å²) in [7, 11) is 0. The molecule has 0 saturated carbocycles. The molecule has 0 unspecified atom stereocenters. The van der Waals surface area contributed by atoms with Crippen molar-refractivity contribution in [3.63, 3.8) is 0 Å². The van der Waals surface area contributed by atoms with Gasteiger partial charge in [0.15, 0.2) is 0 Å². The summed E-state index contributed by atoms with van der Waals surface area (Å²) in [4.78, 5) is 13.4. The molecule has 4 heteroatoms. The molecule has 2 saturated heterocycles. The molecule has 0 aliphatic carbocycles. The zero-order valence-corrected chi connectivity index (χ0v) is 10.3. The number of hydrogen-bond acceptors (Lipinski definition) is 3. The van der Waals surface area contributed by atoms with Crippen LogP contribution in [0.5, 0.6) is 0 Å². The fraction of sp³-hybridized carbons (Fsp3) is 0.500. The van der Waals surface area contributed by atoms with Gasteiger partial charge >= 0.3 is 6.09 Å². The Balaban J connectivity index is 1.61. The van der Waals surface area contributed by atoms with Crippen LogP contribution in [0.1, 0.15) is 18.4 Å². The molecule has 18 heavy (non-hydrogen) atoms. The predicted molar refractivity (Wildman–Crippen MR) is 68.1 cm³/mol. The summed E-state index contributed by atoms with van der Waals surface area (Å²) in [6.45, 7) is 2.22. The minimum absolute atomic E-state index is 0.147. The molecule has 0 radical (unpaired) electrons. The van der Waals surface area contributed by atoms with Gasteiger partial charge in [0.25, 0.3) is 0 Å². The molecule has 1 N–H and O–H groups in total. The van der Waals surface area contributed by atoms with E-state index in [1.54, 1.807) is 0 Å². The largest absolute Gasteiger partial charge is 0.447 e. The lowest BCUT2D eigenvalue weighted by Gasteiger charge is -2.34. The average Bonchev–Trinajstić information content (AvgIpc) is 2.80. The highest BCUT2D eigenvalue weighted by molar-refractivity contribution is 5.70. The van der Waals surface area contributed by atoms with E-state index in [4.69, 9.17) is 4.74 Å². The first-order chi connectivity index (χ1) is 8.84. The van der Waals surface area contributed by atoms with E-state index in [0.29, 0.717) is 12.6 Å². The number of amides is 1. The van der Waals surface area contributed by atoms with Gasteiger partial charge in [-0.3, -0.25) is 0 Å². The van der Waals surface area contributed by atoms with Gasteiger partial charge in [0.2, 0.25) is 0 Å². The van der Waals surface area contributed by atoms with Gasteiger partial charge in [0, 0.05) is 19.1 Å². The fourth-order valence-electron chi connectivity index (χ4n) is 2.81. The van der Waals surface area contributed by atoms with Crippen LogP contribution in [0.25, 0.3) is 0 Å². The summed E-state index contributed by atoms with van der Waals surface area (Å²) >= 11 is 0. The summed E-state index contributed by atoms with van der Waals surface area (Å²) in [5.74, 6) is 0. The zero-order valence-electron chi connectivity index (χ0n) is 10.3. The van der Waals surface area contributed by atoms with Gasteiger partial charge in [-0.2, -0.15) is 0 Å². The number of benzene rings is 1. The molecule has 4 nitrogen and oxygen atoms in total. The van der Waals surface area contributed by atoms with E-state index in [1.165, 1.54) is 5.56 Å². The van der Waals surface area contributed by atoms with E-state index >= 15 is 0 Å². The number of hydrogen-bond donors (Lipinski definition) is 1. The smallest absolute Gasteiger partial charge is 0.410 e. The lowest BCUT2D eigenvalue weighted by Crippen LogP contribution is -2.52. The first-order valence-electron chi connectivity index (χ1n) is 6.55. The molecule has 2 aliphatic rings. The number of rotatable bonds is 3. The van der Waals surface area contributed by atoms with E-state index in [2.05, 4.69) is 17.4 Å². The van der Waals surface area contributed by atoms with Crippen molar-refractivity contribution in [2.75, 3.05) is 13.2 Å². The minimum Gasteiger partial charge on any atom is -0.447 e. The molecule has 0 bridgehead atoms. The Morgan fingerprint density at radius 1 is 1.33 bits per heavy atom. The van der Waals surface area contributed by atoms with E-state index in [1.807, 2.05) is 23.1 Å². The molecule has 2 fully saturated rings. The Labute approximate surface area is 107 Å². The number of nitrogens with one attached hydrogen (secondary N) is 1. The number of piperidine rings is 1. The maximum absolute atomic E-state index is 11.5. The van der Waals surface area contributed by atoms with Crippen molar-refractivity contribution in [3.05, 3.63) is 35.9 Å². The summed E-state index contributed by atoms with van der Waals surface area (Å²) in [5.41, 5.74) is 1.28. The van der Waals surface area contributed by atoms with Crippen molar-refractivity contribution in [3.8, 4) is 0 Å². The Morgan fingerprint density at radius 2 is 2.17 bits per heavy atom. The van der Waals surface area contributed by atoms with Crippen molar-refractivity contribution in [1.82, 2.24) is 10.2 Å².